The molecule has 2 aliphatic heterocycles. The highest BCUT2D eigenvalue weighted by atomic mass is 16.5. The van der Waals surface area contributed by atoms with Crippen LogP contribution in [0.2, 0.25) is 0 Å². The van der Waals surface area contributed by atoms with Crippen molar-refractivity contribution in [1.82, 2.24) is 4.90 Å². The van der Waals surface area contributed by atoms with Crippen molar-refractivity contribution in [1.29, 1.82) is 0 Å². The molecule has 2 heterocycles. The SMILES string of the molecule is CC1=CC(=O)N(C2CCOC2C)C1=O. The van der Waals surface area contributed by atoms with E-state index < -0.39 is 0 Å². The Morgan fingerprint density at radius 2 is 2.21 bits per heavy atom. The molecule has 0 spiro atoms. The lowest BCUT2D eigenvalue weighted by atomic mass is 10.1. The van der Waals surface area contributed by atoms with Crippen molar-refractivity contribution >= 4 is 11.8 Å². The second-order valence-electron chi connectivity index (χ2n) is 3.77. The molecule has 0 aliphatic carbocycles. The number of carbonyl (C=O) groups excluding carboxylic acids is 2. The average Bonchev–Trinajstić information content (AvgIpc) is 2.60. The number of hydrogen-bond acceptors (Lipinski definition) is 3. The Labute approximate surface area is 82.5 Å². The molecule has 0 saturated carbocycles. The van der Waals surface area contributed by atoms with Crippen molar-refractivity contribution in [3.8, 4) is 0 Å². The fourth-order valence-corrected chi connectivity index (χ4v) is 1.98. The molecule has 0 radical (unpaired) electrons. The number of nitrogens with zero attached hydrogens (tertiary/aromatic N) is 1. The summed E-state index contributed by atoms with van der Waals surface area (Å²) in [5.41, 5.74) is 0.522. The predicted molar refractivity (Wildman–Crippen MR) is 49.4 cm³/mol. The second kappa shape index (κ2) is 3.20. The molecule has 0 aromatic rings. The zero-order valence-corrected chi connectivity index (χ0v) is 8.32. The molecule has 0 aromatic carbocycles. The molecule has 2 aliphatic rings. The topological polar surface area (TPSA) is 46.6 Å². The van der Waals surface area contributed by atoms with E-state index in [-0.39, 0.29) is 24.0 Å². The van der Waals surface area contributed by atoms with Gasteiger partial charge in [0.2, 0.25) is 0 Å². The van der Waals surface area contributed by atoms with Crippen LogP contribution in [0.5, 0.6) is 0 Å². The van der Waals surface area contributed by atoms with Crippen molar-refractivity contribution < 1.29 is 14.3 Å². The van der Waals surface area contributed by atoms with Crippen LogP contribution in [0.1, 0.15) is 20.3 Å². The van der Waals surface area contributed by atoms with E-state index in [4.69, 9.17) is 4.74 Å². The highest BCUT2D eigenvalue weighted by molar-refractivity contribution is 6.16. The number of hydrogen-bond donors (Lipinski definition) is 0. The van der Waals surface area contributed by atoms with E-state index in [1.165, 1.54) is 11.0 Å². The lowest BCUT2D eigenvalue weighted by molar-refractivity contribution is -0.141. The van der Waals surface area contributed by atoms with E-state index in [2.05, 4.69) is 0 Å². The van der Waals surface area contributed by atoms with Gasteiger partial charge in [-0.25, -0.2) is 0 Å². The Morgan fingerprint density at radius 1 is 1.50 bits per heavy atom. The second-order valence-corrected chi connectivity index (χ2v) is 3.77. The van der Waals surface area contributed by atoms with Gasteiger partial charge in [-0.15, -0.1) is 0 Å². The molecule has 2 rings (SSSR count). The highest BCUT2D eigenvalue weighted by Gasteiger charge is 2.39. The van der Waals surface area contributed by atoms with Crippen LogP contribution in [0, 0.1) is 0 Å². The van der Waals surface area contributed by atoms with E-state index in [0.29, 0.717) is 12.2 Å². The van der Waals surface area contributed by atoms with Crippen molar-refractivity contribution in [3.05, 3.63) is 11.6 Å². The van der Waals surface area contributed by atoms with Gasteiger partial charge in [-0.05, 0) is 20.3 Å². The van der Waals surface area contributed by atoms with Gasteiger partial charge in [-0.1, -0.05) is 0 Å². The molecule has 4 nitrogen and oxygen atoms in total. The highest BCUT2D eigenvalue weighted by Crippen LogP contribution is 2.24. The number of ether oxygens (including phenoxy) is 1. The standard InChI is InChI=1S/C10H13NO3/c1-6-5-9(12)11(10(6)13)8-3-4-14-7(8)2/h5,7-8H,3-4H2,1-2H3. The fourth-order valence-electron chi connectivity index (χ4n) is 1.98. The molecule has 2 unspecified atom stereocenters. The Bertz CT molecular complexity index is 321. The van der Waals surface area contributed by atoms with E-state index in [1.807, 2.05) is 6.92 Å². The summed E-state index contributed by atoms with van der Waals surface area (Å²) in [5.74, 6) is -0.368. The Hall–Kier alpha value is -1.16. The third-order valence-corrected chi connectivity index (χ3v) is 2.80. The Balaban J connectivity index is 2.20. The minimum atomic E-state index is -0.199. The first kappa shape index (κ1) is 9.40. The van der Waals surface area contributed by atoms with Crippen molar-refractivity contribution in [2.75, 3.05) is 6.61 Å². The van der Waals surface area contributed by atoms with Crippen LogP contribution >= 0.6 is 0 Å². The molecule has 1 fully saturated rings. The van der Waals surface area contributed by atoms with Crippen LogP contribution in [-0.4, -0.2) is 35.5 Å². The summed E-state index contributed by atoms with van der Waals surface area (Å²) in [4.78, 5) is 24.5. The maximum Gasteiger partial charge on any atom is 0.256 e. The number of imide groups is 1. The monoisotopic (exact) mass is 195 g/mol. The van der Waals surface area contributed by atoms with Gasteiger partial charge in [0.25, 0.3) is 11.8 Å². The lowest BCUT2D eigenvalue weighted by Gasteiger charge is -2.24. The van der Waals surface area contributed by atoms with Crippen LogP contribution < -0.4 is 0 Å². The molecule has 1 saturated heterocycles. The van der Waals surface area contributed by atoms with Crippen LogP contribution in [0.15, 0.2) is 11.6 Å². The Kier molecular flexibility index (Phi) is 2.15. The van der Waals surface area contributed by atoms with Crippen LogP contribution in [0.3, 0.4) is 0 Å². The largest absolute Gasteiger partial charge is 0.376 e. The van der Waals surface area contributed by atoms with Crippen LogP contribution in [0.4, 0.5) is 0 Å². The normalized spacial score (nSPS) is 32.7. The molecule has 0 aromatic heterocycles. The predicted octanol–water partition coefficient (Wildman–Crippen LogP) is 0.479. The summed E-state index contributed by atoms with van der Waals surface area (Å²) < 4.78 is 5.34. The van der Waals surface area contributed by atoms with Gasteiger partial charge in [0, 0.05) is 18.3 Å². The average molecular weight is 195 g/mol. The quantitative estimate of drug-likeness (QED) is 0.572. The number of carbonyl (C=O) groups is 2. The molecular weight excluding hydrogens is 182 g/mol. The molecule has 0 N–H and O–H groups in total. The maximum atomic E-state index is 11.6. The molecule has 76 valence electrons. The summed E-state index contributed by atoms with van der Waals surface area (Å²) in [6.07, 6.45) is 2.11. The zero-order valence-electron chi connectivity index (χ0n) is 8.32. The molecule has 4 heteroatoms. The molecule has 14 heavy (non-hydrogen) atoms. The van der Waals surface area contributed by atoms with Gasteiger partial charge >= 0.3 is 0 Å². The van der Waals surface area contributed by atoms with Crippen molar-refractivity contribution in [2.24, 2.45) is 0 Å². The maximum absolute atomic E-state index is 11.6. The fraction of sp³-hybridized carbons (Fsp3) is 0.600. The van der Waals surface area contributed by atoms with Gasteiger partial charge in [-0.3, -0.25) is 14.5 Å². The first-order chi connectivity index (χ1) is 6.61. The summed E-state index contributed by atoms with van der Waals surface area (Å²) in [7, 11) is 0. The minimum Gasteiger partial charge on any atom is -0.376 e. The van der Waals surface area contributed by atoms with Crippen LogP contribution in [0.25, 0.3) is 0 Å². The summed E-state index contributed by atoms with van der Waals surface area (Å²) in [6.45, 7) is 4.19. The van der Waals surface area contributed by atoms with Gasteiger partial charge < -0.3 is 4.74 Å². The minimum absolute atomic E-state index is 0.0396. The molecule has 0 bridgehead atoms. The van der Waals surface area contributed by atoms with Crippen molar-refractivity contribution in [3.63, 3.8) is 0 Å². The summed E-state index contributed by atoms with van der Waals surface area (Å²) >= 11 is 0. The lowest BCUT2D eigenvalue weighted by Crippen LogP contribution is -2.44. The first-order valence-corrected chi connectivity index (χ1v) is 4.78. The molecular formula is C10H13NO3. The summed E-state index contributed by atoms with van der Waals surface area (Å²) in [6, 6.07) is -0.0799. The zero-order chi connectivity index (χ0) is 10.3. The van der Waals surface area contributed by atoms with E-state index in [0.717, 1.165) is 6.42 Å². The van der Waals surface area contributed by atoms with Crippen LogP contribution in [-0.2, 0) is 14.3 Å². The van der Waals surface area contributed by atoms with Crippen molar-refractivity contribution in [2.45, 2.75) is 32.4 Å². The number of rotatable bonds is 1. The molecule has 2 atom stereocenters. The third kappa shape index (κ3) is 1.26. The van der Waals surface area contributed by atoms with Gasteiger partial charge in [0.05, 0.1) is 12.1 Å². The Morgan fingerprint density at radius 3 is 2.64 bits per heavy atom. The first-order valence-electron chi connectivity index (χ1n) is 4.78. The molecule has 2 amide bonds. The van der Waals surface area contributed by atoms with E-state index in [9.17, 15) is 9.59 Å². The third-order valence-electron chi connectivity index (χ3n) is 2.80. The summed E-state index contributed by atoms with van der Waals surface area (Å²) in [5, 5.41) is 0. The van der Waals surface area contributed by atoms with E-state index in [1.54, 1.807) is 6.92 Å². The van der Waals surface area contributed by atoms with Gasteiger partial charge in [-0.2, -0.15) is 0 Å². The van der Waals surface area contributed by atoms with Gasteiger partial charge in [0.1, 0.15) is 0 Å². The number of amides is 2. The van der Waals surface area contributed by atoms with E-state index >= 15 is 0 Å². The smallest absolute Gasteiger partial charge is 0.256 e. The van der Waals surface area contributed by atoms with Gasteiger partial charge in [0.15, 0.2) is 0 Å².